The van der Waals surface area contributed by atoms with Crippen LogP contribution in [0.5, 0.6) is 0 Å². The highest BCUT2D eigenvalue weighted by Crippen LogP contribution is 2.36. The molecule has 10 nitrogen and oxygen atoms in total. The maximum atomic E-state index is 13.9. The van der Waals surface area contributed by atoms with E-state index in [9.17, 15) is 28.2 Å². The number of aliphatic hydroxyl groups is 2. The number of sulfone groups is 1. The number of carbonyl (C=O) groups excluding carboxylic acids is 2. The second kappa shape index (κ2) is 16.2. The van der Waals surface area contributed by atoms with E-state index >= 15 is 0 Å². The zero-order chi connectivity index (χ0) is 31.9. The van der Waals surface area contributed by atoms with E-state index in [1.807, 2.05) is 30.3 Å². The lowest BCUT2D eigenvalue weighted by Crippen LogP contribution is -2.57. The molecule has 0 saturated heterocycles. The van der Waals surface area contributed by atoms with Crippen molar-refractivity contribution in [2.75, 3.05) is 5.75 Å². The fourth-order valence-electron chi connectivity index (χ4n) is 6.06. The van der Waals surface area contributed by atoms with Crippen LogP contribution in [0, 0.1) is 17.8 Å². The summed E-state index contributed by atoms with van der Waals surface area (Å²) in [7, 11) is -3.66. The van der Waals surface area contributed by atoms with Crippen molar-refractivity contribution in [3.8, 4) is 0 Å². The molecule has 2 amide bonds. The first-order valence-electron chi connectivity index (χ1n) is 16.0. The highest BCUT2D eigenvalue weighted by Gasteiger charge is 2.41. The van der Waals surface area contributed by atoms with Gasteiger partial charge in [-0.1, -0.05) is 69.9 Å². The number of benzene rings is 1. The van der Waals surface area contributed by atoms with Gasteiger partial charge >= 0.3 is 0 Å². The third-order valence-corrected chi connectivity index (χ3v) is 11.9. The average Bonchev–Trinajstić information content (AvgIpc) is 3.71. The summed E-state index contributed by atoms with van der Waals surface area (Å²) in [5.41, 5.74) is 1.44. The van der Waals surface area contributed by atoms with Gasteiger partial charge in [-0.15, -0.1) is 0 Å². The first-order chi connectivity index (χ1) is 20.8. The number of aromatic nitrogens is 2. The van der Waals surface area contributed by atoms with E-state index in [1.54, 1.807) is 27.0 Å². The number of imidazole rings is 1. The third-order valence-electron chi connectivity index (χ3n) is 9.17. The van der Waals surface area contributed by atoms with Crippen molar-refractivity contribution in [1.82, 2.24) is 20.6 Å². The fraction of sp³-hybridized carbons (Fsp3) is 0.676. The van der Waals surface area contributed by atoms with Gasteiger partial charge in [0.05, 0.1) is 34.9 Å². The summed E-state index contributed by atoms with van der Waals surface area (Å²) in [5, 5.41) is 27.9. The van der Waals surface area contributed by atoms with Crippen LogP contribution in [0.15, 0.2) is 42.9 Å². The predicted octanol–water partition coefficient (Wildman–Crippen LogP) is 3.73. The van der Waals surface area contributed by atoms with Gasteiger partial charge in [0.1, 0.15) is 12.1 Å². The van der Waals surface area contributed by atoms with Crippen LogP contribution in [-0.2, 0) is 32.3 Å². The normalized spacial score (nSPS) is 19.4. The zero-order valence-corrected chi connectivity index (χ0v) is 27.1. The van der Waals surface area contributed by atoms with E-state index in [0.29, 0.717) is 18.0 Å². The first kappa shape index (κ1) is 36.7. The molecule has 4 rings (SSSR count). The fourth-order valence-corrected chi connectivity index (χ4v) is 7.36. The summed E-state index contributed by atoms with van der Waals surface area (Å²) in [6, 6.07) is 7.49. The molecule has 2 saturated carbocycles. The Morgan fingerprint density at radius 3 is 2.22 bits per heavy atom. The molecule has 2 fully saturated rings. The van der Waals surface area contributed by atoms with E-state index in [2.05, 4.69) is 20.6 Å². The Balaban J connectivity index is 0.00000552. The smallest absolute Gasteiger partial charge is 0.243 e. The molecule has 5 atom stereocenters. The Morgan fingerprint density at radius 2 is 1.64 bits per heavy atom. The van der Waals surface area contributed by atoms with E-state index in [1.165, 1.54) is 12.7 Å². The zero-order valence-electron chi connectivity index (χ0n) is 26.2. The Kier molecular flexibility index (Phi) is 13.2. The number of hydrogen-bond acceptors (Lipinski definition) is 7. The van der Waals surface area contributed by atoms with Crippen LogP contribution in [0.4, 0.5) is 0 Å². The molecule has 2 aliphatic rings. The summed E-state index contributed by atoms with van der Waals surface area (Å²) in [6.07, 6.45) is 8.94. The summed E-state index contributed by atoms with van der Waals surface area (Å²) >= 11 is 0. The molecule has 0 bridgehead atoms. The van der Waals surface area contributed by atoms with Gasteiger partial charge in [-0.2, -0.15) is 0 Å². The lowest BCUT2D eigenvalue weighted by Gasteiger charge is -2.33. The summed E-state index contributed by atoms with van der Waals surface area (Å²) in [5.74, 6) is -1.98. The lowest BCUT2D eigenvalue weighted by molar-refractivity contribution is -0.132. The molecule has 11 heteroatoms. The minimum Gasteiger partial charge on any atom is -0.390 e. The molecule has 0 aliphatic heterocycles. The molecule has 252 valence electrons. The van der Waals surface area contributed by atoms with Crippen molar-refractivity contribution < 1.29 is 28.2 Å². The van der Waals surface area contributed by atoms with Crippen LogP contribution in [0.25, 0.3) is 0 Å². The molecule has 2 aliphatic carbocycles. The van der Waals surface area contributed by atoms with E-state index in [-0.39, 0.29) is 31.9 Å². The summed E-state index contributed by atoms with van der Waals surface area (Å²) in [4.78, 5) is 34.8. The molecule has 2 aromatic rings. The topological polar surface area (TPSA) is 161 Å². The maximum Gasteiger partial charge on any atom is 0.243 e. The molecule has 1 aromatic heterocycles. The summed E-state index contributed by atoms with van der Waals surface area (Å²) in [6.45, 7) is 4.84. The monoisotopic (exact) mass is 646 g/mol. The molecule has 0 spiro atoms. The third kappa shape index (κ3) is 10.6. The Hall–Kier alpha value is -2.76. The number of H-pyrrole nitrogens is 1. The van der Waals surface area contributed by atoms with Crippen LogP contribution in [0.2, 0.25) is 0 Å². The van der Waals surface area contributed by atoms with Gasteiger partial charge in [-0.05, 0) is 63.9 Å². The average molecular weight is 647 g/mol. The number of aliphatic hydroxyl groups excluding tert-OH is 2. The van der Waals surface area contributed by atoms with Crippen molar-refractivity contribution in [2.24, 2.45) is 17.8 Å². The van der Waals surface area contributed by atoms with E-state index in [4.69, 9.17) is 0 Å². The minimum absolute atomic E-state index is 0. The number of rotatable bonds is 15. The Morgan fingerprint density at radius 1 is 0.978 bits per heavy atom. The largest absolute Gasteiger partial charge is 0.390 e. The van der Waals surface area contributed by atoms with Gasteiger partial charge in [0, 0.05) is 18.3 Å². The quantitative estimate of drug-likeness (QED) is 0.197. The van der Waals surface area contributed by atoms with Crippen molar-refractivity contribution >= 4 is 21.7 Å². The number of carbonyl (C=O) groups is 2. The van der Waals surface area contributed by atoms with E-state index in [0.717, 1.165) is 44.1 Å². The Bertz CT molecular complexity index is 1300. The Labute approximate surface area is 269 Å². The number of amides is 2. The number of hydrogen-bond donors (Lipinski definition) is 5. The molecule has 0 radical (unpaired) electrons. The lowest BCUT2D eigenvalue weighted by atomic mass is 9.82. The SMILES string of the molecule is C.CC(C)(C)S(=O)(=O)C[C@@H](Cc1ccccc1)C(=O)N[C@@H](Cc1cnc[nH]1)C(=O)NC(CC1CCCCC1)[C@@H](O)[C@@H](O)C1CC1. The highest BCUT2D eigenvalue weighted by atomic mass is 32.2. The minimum atomic E-state index is -3.66. The highest BCUT2D eigenvalue weighted by molar-refractivity contribution is 7.92. The van der Waals surface area contributed by atoms with Crippen LogP contribution >= 0.6 is 0 Å². The number of nitrogens with zero attached hydrogens (tertiary/aromatic N) is 1. The van der Waals surface area contributed by atoms with Gasteiger partial charge < -0.3 is 25.8 Å². The molecule has 1 aromatic carbocycles. The van der Waals surface area contributed by atoms with E-state index < -0.39 is 56.6 Å². The first-order valence-corrected chi connectivity index (χ1v) is 17.7. The van der Waals surface area contributed by atoms with Gasteiger partial charge in [-0.25, -0.2) is 13.4 Å². The van der Waals surface area contributed by atoms with Gasteiger partial charge in [-0.3, -0.25) is 9.59 Å². The number of aromatic amines is 1. The van der Waals surface area contributed by atoms with Crippen LogP contribution < -0.4 is 10.6 Å². The molecule has 1 heterocycles. The van der Waals surface area contributed by atoms with Gasteiger partial charge in [0.2, 0.25) is 11.8 Å². The standard InChI is InChI=1S/C33H50N4O6S.CH4/c1-33(2,3)44(42,43)20-25(16-22-10-6-4-7-11-22)31(40)37-28(18-26-19-34-21-35-26)32(41)36-27(17-23-12-8-5-9-13-23)30(39)29(38)24-14-15-24;/h4,6-7,10-11,19,21,23-25,27-30,38-39H,5,8-9,12-18,20H2,1-3H3,(H,34,35)(H,36,41)(H,37,40);1H4/t25-,27?,28+,29+,30-;/m1./s1. The van der Waals surface area contributed by atoms with Crippen LogP contribution in [0.3, 0.4) is 0 Å². The molecule has 45 heavy (non-hydrogen) atoms. The van der Waals surface area contributed by atoms with Crippen molar-refractivity contribution in [2.45, 2.75) is 121 Å². The van der Waals surface area contributed by atoms with Crippen molar-refractivity contribution in [3.05, 3.63) is 54.1 Å². The molecule has 5 N–H and O–H groups in total. The second-order valence-corrected chi connectivity index (χ2v) is 16.6. The van der Waals surface area contributed by atoms with Gasteiger partial charge in [0.25, 0.3) is 0 Å². The summed E-state index contributed by atoms with van der Waals surface area (Å²) < 4.78 is 25.4. The number of nitrogens with one attached hydrogen (secondary N) is 3. The molecule has 1 unspecified atom stereocenters. The van der Waals surface area contributed by atoms with Crippen LogP contribution in [0.1, 0.15) is 90.8 Å². The van der Waals surface area contributed by atoms with Gasteiger partial charge in [0.15, 0.2) is 9.84 Å². The predicted molar refractivity (Wildman–Crippen MR) is 176 cm³/mol. The van der Waals surface area contributed by atoms with Crippen LogP contribution in [-0.4, -0.2) is 75.2 Å². The maximum absolute atomic E-state index is 13.9. The molecular weight excluding hydrogens is 592 g/mol. The van der Waals surface area contributed by atoms with Crippen molar-refractivity contribution in [3.63, 3.8) is 0 Å². The molecular formula is C34H54N4O6S. The van der Waals surface area contributed by atoms with Crippen molar-refractivity contribution in [1.29, 1.82) is 0 Å². The second-order valence-electron chi connectivity index (χ2n) is 13.8.